The highest BCUT2D eigenvalue weighted by Gasteiger charge is 2.23. The summed E-state index contributed by atoms with van der Waals surface area (Å²) in [5, 5.41) is 3.00. The SMILES string of the molecule is CCN(CC)S(=O)(=O)c1ccc(CNC(=O)N2CCCN(CC3CCCCC3)CC2)cc1. The summed E-state index contributed by atoms with van der Waals surface area (Å²) >= 11 is 0. The summed E-state index contributed by atoms with van der Waals surface area (Å²) in [5.41, 5.74) is 0.894. The molecular weight excluding hydrogens is 424 g/mol. The molecule has 1 aromatic carbocycles. The van der Waals surface area contributed by atoms with Gasteiger partial charge in [-0.2, -0.15) is 4.31 Å². The quantitative estimate of drug-likeness (QED) is 0.639. The van der Waals surface area contributed by atoms with Gasteiger partial charge in [-0.15, -0.1) is 0 Å². The fourth-order valence-electron chi connectivity index (χ4n) is 4.87. The highest BCUT2D eigenvalue weighted by Crippen LogP contribution is 2.24. The van der Waals surface area contributed by atoms with Gasteiger partial charge in [-0.25, -0.2) is 13.2 Å². The molecule has 1 heterocycles. The standard InChI is InChI=1S/C24H40N4O3S/c1-3-28(4-2)32(30,31)23-13-11-21(12-14-23)19-25-24(29)27-16-8-15-26(17-18-27)20-22-9-6-5-7-10-22/h11-14,22H,3-10,15-20H2,1-2H3,(H,25,29). The molecular formula is C24H40N4O3S. The Kier molecular flexibility index (Phi) is 9.37. The molecule has 0 unspecified atom stereocenters. The van der Waals surface area contributed by atoms with Crippen molar-refractivity contribution < 1.29 is 13.2 Å². The van der Waals surface area contributed by atoms with Gasteiger partial charge in [0.2, 0.25) is 10.0 Å². The van der Waals surface area contributed by atoms with Gasteiger partial charge >= 0.3 is 6.03 Å². The van der Waals surface area contributed by atoms with Crippen molar-refractivity contribution in [1.82, 2.24) is 19.4 Å². The van der Waals surface area contributed by atoms with Crippen molar-refractivity contribution in [1.29, 1.82) is 0 Å². The summed E-state index contributed by atoms with van der Waals surface area (Å²) in [5.74, 6) is 0.831. The van der Waals surface area contributed by atoms with E-state index in [1.54, 1.807) is 24.3 Å². The lowest BCUT2D eigenvalue weighted by Gasteiger charge is -2.28. The molecule has 7 nitrogen and oxygen atoms in total. The number of hydrogen-bond donors (Lipinski definition) is 1. The van der Waals surface area contributed by atoms with Crippen LogP contribution in [-0.4, -0.2) is 74.4 Å². The van der Waals surface area contributed by atoms with Crippen molar-refractivity contribution >= 4 is 16.1 Å². The number of nitrogens with one attached hydrogen (secondary N) is 1. The summed E-state index contributed by atoms with van der Waals surface area (Å²) in [4.78, 5) is 17.5. The lowest BCUT2D eigenvalue weighted by atomic mass is 9.89. The zero-order valence-electron chi connectivity index (χ0n) is 19.8. The first-order valence-electron chi connectivity index (χ1n) is 12.3. The van der Waals surface area contributed by atoms with Crippen molar-refractivity contribution in [2.24, 2.45) is 5.92 Å². The Hall–Kier alpha value is -1.64. The van der Waals surface area contributed by atoms with Crippen molar-refractivity contribution in [3.63, 3.8) is 0 Å². The third-order valence-electron chi connectivity index (χ3n) is 6.83. The third-order valence-corrected chi connectivity index (χ3v) is 8.89. The van der Waals surface area contributed by atoms with Crippen molar-refractivity contribution in [3.8, 4) is 0 Å². The van der Waals surface area contributed by atoms with Gasteiger partial charge in [0.15, 0.2) is 0 Å². The summed E-state index contributed by atoms with van der Waals surface area (Å²) in [7, 11) is -3.45. The first kappa shape index (κ1) is 25.0. The fourth-order valence-corrected chi connectivity index (χ4v) is 6.33. The molecule has 180 valence electrons. The summed E-state index contributed by atoms with van der Waals surface area (Å²) in [6.45, 7) is 9.71. The second-order valence-electron chi connectivity index (χ2n) is 9.04. The largest absolute Gasteiger partial charge is 0.334 e. The van der Waals surface area contributed by atoms with E-state index in [0.29, 0.717) is 24.5 Å². The molecule has 1 aliphatic carbocycles. The molecule has 1 saturated carbocycles. The average Bonchev–Trinajstić information content (AvgIpc) is 3.05. The van der Waals surface area contributed by atoms with Crippen LogP contribution in [0.15, 0.2) is 29.2 Å². The van der Waals surface area contributed by atoms with Gasteiger partial charge in [0, 0.05) is 45.8 Å². The zero-order chi connectivity index (χ0) is 23.0. The van der Waals surface area contributed by atoms with Crippen LogP contribution in [0.3, 0.4) is 0 Å². The Morgan fingerprint density at radius 1 is 0.969 bits per heavy atom. The van der Waals surface area contributed by atoms with Gasteiger partial charge in [0.1, 0.15) is 0 Å². The van der Waals surface area contributed by atoms with E-state index < -0.39 is 10.0 Å². The van der Waals surface area contributed by atoms with E-state index in [1.807, 2.05) is 18.7 Å². The van der Waals surface area contributed by atoms with E-state index in [0.717, 1.165) is 44.1 Å². The molecule has 3 rings (SSSR count). The predicted molar refractivity (Wildman–Crippen MR) is 128 cm³/mol. The molecule has 0 radical (unpaired) electrons. The number of amides is 2. The summed E-state index contributed by atoms with van der Waals surface area (Å²) in [6, 6.07) is 6.79. The molecule has 0 bridgehead atoms. The number of sulfonamides is 1. The van der Waals surface area contributed by atoms with Crippen molar-refractivity contribution in [3.05, 3.63) is 29.8 Å². The molecule has 2 aliphatic rings. The maximum Gasteiger partial charge on any atom is 0.317 e. The molecule has 1 aromatic rings. The first-order chi connectivity index (χ1) is 15.4. The van der Waals surface area contributed by atoms with Crippen LogP contribution in [0.25, 0.3) is 0 Å². The zero-order valence-corrected chi connectivity index (χ0v) is 20.6. The molecule has 0 atom stereocenters. The molecule has 0 aromatic heterocycles. The lowest BCUT2D eigenvalue weighted by molar-refractivity contribution is 0.189. The van der Waals surface area contributed by atoms with E-state index in [4.69, 9.17) is 0 Å². The number of benzene rings is 1. The Balaban J connectivity index is 1.47. The minimum Gasteiger partial charge on any atom is -0.334 e. The predicted octanol–water partition coefficient (Wildman–Crippen LogP) is 3.51. The van der Waals surface area contributed by atoms with E-state index >= 15 is 0 Å². The summed E-state index contributed by atoms with van der Waals surface area (Å²) < 4.78 is 26.7. The van der Waals surface area contributed by atoms with Crippen LogP contribution >= 0.6 is 0 Å². The second kappa shape index (κ2) is 12.0. The highest BCUT2D eigenvalue weighted by atomic mass is 32.2. The van der Waals surface area contributed by atoms with Gasteiger partial charge in [-0.1, -0.05) is 45.2 Å². The number of rotatable bonds is 8. The molecule has 1 saturated heterocycles. The molecule has 1 N–H and O–H groups in total. The number of carbonyl (C=O) groups excluding carboxylic acids is 1. The minimum absolute atomic E-state index is 0.0376. The van der Waals surface area contributed by atoms with Crippen LogP contribution in [0.1, 0.15) is 57.9 Å². The van der Waals surface area contributed by atoms with Crippen molar-refractivity contribution in [2.45, 2.75) is 63.8 Å². The fraction of sp³-hybridized carbons (Fsp3) is 0.708. The second-order valence-corrected chi connectivity index (χ2v) is 11.0. The van der Waals surface area contributed by atoms with Crippen LogP contribution in [0.2, 0.25) is 0 Å². The van der Waals surface area contributed by atoms with E-state index in [9.17, 15) is 13.2 Å². The monoisotopic (exact) mass is 464 g/mol. The molecule has 32 heavy (non-hydrogen) atoms. The van der Waals surface area contributed by atoms with Crippen molar-refractivity contribution in [2.75, 3.05) is 45.8 Å². The Morgan fingerprint density at radius 3 is 2.31 bits per heavy atom. The minimum atomic E-state index is -3.45. The van der Waals surface area contributed by atoms with Crippen LogP contribution < -0.4 is 5.32 Å². The van der Waals surface area contributed by atoms with Crippen LogP contribution in [-0.2, 0) is 16.6 Å². The number of carbonyl (C=O) groups is 1. The van der Waals surface area contributed by atoms with Gasteiger partial charge in [-0.05, 0) is 49.4 Å². The Morgan fingerprint density at radius 2 is 1.66 bits per heavy atom. The van der Waals surface area contributed by atoms with Gasteiger partial charge in [-0.3, -0.25) is 0 Å². The van der Waals surface area contributed by atoms with E-state index in [2.05, 4.69) is 10.2 Å². The normalized spacial score (nSPS) is 19.2. The number of urea groups is 1. The van der Waals surface area contributed by atoms with Crippen LogP contribution in [0, 0.1) is 5.92 Å². The molecule has 8 heteroatoms. The average molecular weight is 465 g/mol. The first-order valence-corrected chi connectivity index (χ1v) is 13.7. The molecule has 2 amide bonds. The number of nitrogens with zero attached hydrogens (tertiary/aromatic N) is 3. The summed E-state index contributed by atoms with van der Waals surface area (Å²) in [6.07, 6.45) is 7.85. The van der Waals surface area contributed by atoms with Gasteiger partial charge in [0.25, 0.3) is 0 Å². The Labute approximate surface area is 194 Å². The van der Waals surface area contributed by atoms with Crippen LogP contribution in [0.4, 0.5) is 4.79 Å². The van der Waals surface area contributed by atoms with Gasteiger partial charge < -0.3 is 15.1 Å². The maximum atomic E-state index is 12.7. The van der Waals surface area contributed by atoms with Crippen LogP contribution in [0.5, 0.6) is 0 Å². The van der Waals surface area contributed by atoms with E-state index in [1.165, 1.54) is 43.0 Å². The smallest absolute Gasteiger partial charge is 0.317 e. The number of hydrogen-bond acceptors (Lipinski definition) is 4. The third kappa shape index (κ3) is 6.68. The molecule has 0 spiro atoms. The molecule has 1 aliphatic heterocycles. The highest BCUT2D eigenvalue weighted by molar-refractivity contribution is 7.89. The topological polar surface area (TPSA) is 73.0 Å². The van der Waals surface area contributed by atoms with E-state index in [-0.39, 0.29) is 6.03 Å². The maximum absolute atomic E-state index is 12.7. The Bertz CT molecular complexity index is 818. The van der Waals surface area contributed by atoms with Gasteiger partial charge in [0.05, 0.1) is 4.90 Å². The molecule has 2 fully saturated rings. The lowest BCUT2D eigenvalue weighted by Crippen LogP contribution is -2.42.